The van der Waals surface area contributed by atoms with Crippen molar-refractivity contribution < 1.29 is 18.7 Å². The van der Waals surface area contributed by atoms with Gasteiger partial charge in [0.05, 0.1) is 33.4 Å². The Morgan fingerprint density at radius 1 is 1.07 bits per heavy atom. The Labute approximate surface area is 178 Å². The quantitative estimate of drug-likeness (QED) is 0.420. The van der Waals surface area contributed by atoms with Gasteiger partial charge in [0.15, 0.2) is 5.13 Å². The number of ether oxygens (including phenoxy) is 2. The van der Waals surface area contributed by atoms with Gasteiger partial charge < -0.3 is 13.9 Å². The molecule has 4 rings (SSSR count). The van der Waals surface area contributed by atoms with Crippen LogP contribution in [0.3, 0.4) is 0 Å². The van der Waals surface area contributed by atoms with Gasteiger partial charge in [-0.1, -0.05) is 41.2 Å². The molecule has 0 atom stereocenters. The second-order valence-electron chi connectivity index (χ2n) is 6.87. The molecule has 0 aliphatic rings. The summed E-state index contributed by atoms with van der Waals surface area (Å²) in [6.07, 6.45) is 1.87. The van der Waals surface area contributed by atoms with Crippen LogP contribution in [-0.2, 0) is 17.8 Å². The summed E-state index contributed by atoms with van der Waals surface area (Å²) in [7, 11) is 3.22. The van der Waals surface area contributed by atoms with Gasteiger partial charge in [0.2, 0.25) is 5.91 Å². The molecule has 154 valence electrons. The molecule has 0 aliphatic heterocycles. The average molecular weight is 423 g/mol. The van der Waals surface area contributed by atoms with E-state index in [0.717, 1.165) is 15.8 Å². The highest BCUT2D eigenvalue weighted by molar-refractivity contribution is 7.22. The molecular formula is C23H22N2O4S. The number of methoxy groups -OCH3 is 2. The van der Waals surface area contributed by atoms with Gasteiger partial charge in [0, 0.05) is 0 Å². The highest BCUT2D eigenvalue weighted by Crippen LogP contribution is 2.40. The molecule has 0 radical (unpaired) electrons. The lowest BCUT2D eigenvalue weighted by molar-refractivity contribution is -0.118. The maximum Gasteiger partial charge on any atom is 0.233 e. The van der Waals surface area contributed by atoms with E-state index in [2.05, 4.69) is 0 Å². The van der Waals surface area contributed by atoms with E-state index >= 15 is 0 Å². The zero-order valence-electron chi connectivity index (χ0n) is 17.0. The van der Waals surface area contributed by atoms with Crippen LogP contribution in [0.1, 0.15) is 16.9 Å². The number of furan rings is 1. The number of aryl methyl sites for hydroxylation is 1. The summed E-state index contributed by atoms with van der Waals surface area (Å²) in [6.45, 7) is 2.32. The SMILES string of the molecule is COc1ccc(OC)c2sc(N(Cc3ccco3)C(=O)Cc3ccc(C)cc3)nc12. The van der Waals surface area contributed by atoms with E-state index in [4.69, 9.17) is 18.9 Å². The van der Waals surface area contributed by atoms with Crippen LogP contribution in [0.4, 0.5) is 5.13 Å². The fourth-order valence-corrected chi connectivity index (χ4v) is 4.28. The third-order valence-corrected chi connectivity index (χ3v) is 5.89. The van der Waals surface area contributed by atoms with Crippen molar-refractivity contribution in [3.05, 3.63) is 71.7 Å². The third-order valence-electron chi connectivity index (χ3n) is 4.80. The smallest absolute Gasteiger partial charge is 0.233 e. The lowest BCUT2D eigenvalue weighted by Gasteiger charge is -2.19. The Morgan fingerprint density at radius 2 is 1.80 bits per heavy atom. The molecule has 0 unspecified atom stereocenters. The van der Waals surface area contributed by atoms with Crippen molar-refractivity contribution in [2.45, 2.75) is 19.9 Å². The van der Waals surface area contributed by atoms with Gasteiger partial charge in [-0.05, 0) is 36.8 Å². The van der Waals surface area contributed by atoms with Gasteiger partial charge in [-0.2, -0.15) is 0 Å². The molecule has 7 heteroatoms. The standard InChI is InChI=1S/C23H22N2O4S/c1-15-6-8-16(9-7-15)13-20(26)25(14-17-5-4-12-29-17)23-24-21-18(27-2)10-11-19(28-3)22(21)30-23/h4-12H,13-14H2,1-3H3. The van der Waals surface area contributed by atoms with Crippen LogP contribution in [-0.4, -0.2) is 25.1 Å². The Bertz CT molecular complexity index is 1110. The van der Waals surface area contributed by atoms with E-state index < -0.39 is 0 Å². The summed E-state index contributed by atoms with van der Waals surface area (Å²) in [5, 5.41) is 0.571. The van der Waals surface area contributed by atoms with Crippen molar-refractivity contribution in [1.29, 1.82) is 0 Å². The molecule has 0 aliphatic carbocycles. The number of carbonyl (C=O) groups is 1. The number of hydrogen-bond acceptors (Lipinski definition) is 6. The summed E-state index contributed by atoms with van der Waals surface area (Å²) >= 11 is 1.40. The first-order valence-corrected chi connectivity index (χ1v) is 10.3. The molecule has 6 nitrogen and oxygen atoms in total. The van der Waals surface area contributed by atoms with Crippen LogP contribution >= 0.6 is 11.3 Å². The number of thiazole rings is 1. The molecule has 4 aromatic rings. The first-order valence-electron chi connectivity index (χ1n) is 9.49. The largest absolute Gasteiger partial charge is 0.495 e. The number of carbonyl (C=O) groups excluding carboxylic acids is 1. The fourth-order valence-electron chi connectivity index (χ4n) is 3.19. The number of anilines is 1. The molecule has 0 bridgehead atoms. The fraction of sp³-hybridized carbons (Fsp3) is 0.217. The summed E-state index contributed by atoms with van der Waals surface area (Å²) in [4.78, 5) is 19.7. The summed E-state index contributed by atoms with van der Waals surface area (Å²) in [5.41, 5.74) is 2.78. The molecule has 2 aromatic heterocycles. The molecule has 1 amide bonds. The second-order valence-corrected chi connectivity index (χ2v) is 7.84. The summed E-state index contributed by atoms with van der Waals surface area (Å²) < 4.78 is 17.3. The van der Waals surface area contributed by atoms with Crippen molar-refractivity contribution in [3.8, 4) is 11.5 Å². The second kappa shape index (κ2) is 8.59. The molecule has 0 fully saturated rings. The van der Waals surface area contributed by atoms with Crippen LogP contribution in [0.5, 0.6) is 11.5 Å². The Hall–Kier alpha value is -3.32. The van der Waals surface area contributed by atoms with Gasteiger partial charge in [0.1, 0.15) is 27.5 Å². The topological polar surface area (TPSA) is 64.8 Å². The molecule has 0 saturated heterocycles. The highest BCUT2D eigenvalue weighted by Gasteiger charge is 2.24. The van der Waals surface area contributed by atoms with Gasteiger partial charge in [-0.25, -0.2) is 4.98 Å². The van der Waals surface area contributed by atoms with Crippen molar-refractivity contribution in [1.82, 2.24) is 4.98 Å². The number of amides is 1. The number of hydrogen-bond donors (Lipinski definition) is 0. The predicted octanol–water partition coefficient (Wildman–Crippen LogP) is 4.99. The molecule has 30 heavy (non-hydrogen) atoms. The summed E-state index contributed by atoms with van der Waals surface area (Å²) in [6, 6.07) is 15.3. The lowest BCUT2D eigenvalue weighted by atomic mass is 10.1. The van der Waals surface area contributed by atoms with Crippen LogP contribution in [0, 0.1) is 6.92 Å². The van der Waals surface area contributed by atoms with Gasteiger partial charge >= 0.3 is 0 Å². The maximum atomic E-state index is 13.3. The average Bonchev–Trinajstić information content (AvgIpc) is 3.42. The van der Waals surface area contributed by atoms with Gasteiger partial charge in [-0.3, -0.25) is 9.69 Å². The monoisotopic (exact) mass is 422 g/mol. The van der Waals surface area contributed by atoms with Crippen LogP contribution < -0.4 is 14.4 Å². The lowest BCUT2D eigenvalue weighted by Crippen LogP contribution is -2.31. The van der Waals surface area contributed by atoms with E-state index in [1.165, 1.54) is 11.3 Å². The minimum atomic E-state index is -0.0627. The minimum absolute atomic E-state index is 0.0627. The van der Waals surface area contributed by atoms with Crippen LogP contribution in [0.15, 0.2) is 59.2 Å². The van der Waals surface area contributed by atoms with Crippen molar-refractivity contribution in [3.63, 3.8) is 0 Å². The molecule has 0 saturated carbocycles. The zero-order valence-corrected chi connectivity index (χ0v) is 17.9. The summed E-state index contributed by atoms with van der Waals surface area (Å²) in [5.74, 6) is 1.95. The number of aromatic nitrogens is 1. The number of benzene rings is 2. The number of fused-ring (bicyclic) bond motifs is 1. The number of rotatable bonds is 7. The predicted molar refractivity (Wildman–Crippen MR) is 118 cm³/mol. The molecule has 0 spiro atoms. The van der Waals surface area contributed by atoms with Gasteiger partial charge in [0.25, 0.3) is 0 Å². The van der Waals surface area contributed by atoms with E-state index in [0.29, 0.717) is 34.5 Å². The third kappa shape index (κ3) is 4.02. The maximum absolute atomic E-state index is 13.3. The van der Waals surface area contributed by atoms with Crippen molar-refractivity contribution >= 4 is 32.6 Å². The van der Waals surface area contributed by atoms with Crippen LogP contribution in [0.2, 0.25) is 0 Å². The Kier molecular flexibility index (Phi) is 5.72. The first kappa shape index (κ1) is 20.0. The van der Waals surface area contributed by atoms with E-state index in [9.17, 15) is 4.79 Å². The minimum Gasteiger partial charge on any atom is -0.495 e. The molecule has 2 aromatic carbocycles. The highest BCUT2D eigenvalue weighted by atomic mass is 32.1. The molecule has 0 N–H and O–H groups in total. The number of nitrogens with zero attached hydrogens (tertiary/aromatic N) is 2. The molecular weight excluding hydrogens is 400 g/mol. The van der Waals surface area contributed by atoms with Crippen molar-refractivity contribution in [2.24, 2.45) is 0 Å². The van der Waals surface area contributed by atoms with Gasteiger partial charge in [-0.15, -0.1) is 0 Å². The Balaban J connectivity index is 1.73. The van der Waals surface area contributed by atoms with E-state index in [1.807, 2.05) is 55.5 Å². The van der Waals surface area contributed by atoms with Crippen LogP contribution in [0.25, 0.3) is 10.2 Å². The first-order chi connectivity index (χ1) is 14.6. The molecule has 2 heterocycles. The zero-order chi connectivity index (χ0) is 21.1. The van der Waals surface area contributed by atoms with Crippen molar-refractivity contribution in [2.75, 3.05) is 19.1 Å². The normalized spacial score (nSPS) is 10.9. The van der Waals surface area contributed by atoms with E-state index in [-0.39, 0.29) is 12.3 Å². The Morgan fingerprint density at radius 3 is 2.47 bits per heavy atom. The van der Waals surface area contributed by atoms with E-state index in [1.54, 1.807) is 25.4 Å².